The third kappa shape index (κ3) is 5.66. The maximum absolute atomic E-state index is 9.55. The molecule has 156 valence electrons. The molecule has 0 saturated carbocycles. The summed E-state index contributed by atoms with van der Waals surface area (Å²) in [6, 6.07) is 12.5. The number of carboxylic acid groups (broad SMARTS) is 2. The number of fused-ring (bicyclic) bond motifs is 1. The lowest BCUT2D eigenvalue weighted by atomic mass is 9.89. The van der Waals surface area contributed by atoms with Gasteiger partial charge in [-0.25, -0.2) is 9.59 Å². The minimum absolute atomic E-state index is 0.179. The highest BCUT2D eigenvalue weighted by Gasteiger charge is 2.26. The van der Waals surface area contributed by atoms with Crippen molar-refractivity contribution >= 4 is 17.8 Å². The van der Waals surface area contributed by atoms with E-state index in [0.717, 1.165) is 49.8 Å². The minimum Gasteiger partial charge on any atom is -0.493 e. The van der Waals surface area contributed by atoms with Crippen molar-refractivity contribution in [1.29, 1.82) is 0 Å². The van der Waals surface area contributed by atoms with Crippen molar-refractivity contribution in [2.24, 2.45) is 4.99 Å². The first-order valence-corrected chi connectivity index (χ1v) is 9.61. The molecule has 1 atom stereocenters. The van der Waals surface area contributed by atoms with Gasteiger partial charge in [0, 0.05) is 54.9 Å². The summed E-state index contributed by atoms with van der Waals surface area (Å²) in [6.45, 7) is 2.59. The molecule has 0 aliphatic carbocycles. The second kappa shape index (κ2) is 10.2. The molecular formula is C22H23N3O5. The molecule has 0 fully saturated rings. The van der Waals surface area contributed by atoms with Gasteiger partial charge in [0.15, 0.2) is 0 Å². The SMILES string of the molecule is O=C(O)C=CC(=O)O.c1ccc(C(CC2=NCCN2)c2cccc3c2OCC3)nc1. The van der Waals surface area contributed by atoms with E-state index < -0.39 is 11.9 Å². The number of carboxylic acids is 2. The molecule has 1 aromatic carbocycles. The molecule has 1 unspecified atom stereocenters. The number of amidine groups is 1. The Morgan fingerprint density at radius 2 is 1.93 bits per heavy atom. The summed E-state index contributed by atoms with van der Waals surface area (Å²) in [5, 5.41) is 19.0. The Morgan fingerprint density at radius 3 is 2.57 bits per heavy atom. The number of para-hydroxylation sites is 1. The van der Waals surface area contributed by atoms with Crippen LogP contribution in [0.4, 0.5) is 0 Å². The van der Waals surface area contributed by atoms with Gasteiger partial charge in [-0.1, -0.05) is 24.3 Å². The second-order valence-electron chi connectivity index (χ2n) is 6.71. The topological polar surface area (TPSA) is 121 Å². The number of nitrogens with one attached hydrogen (secondary N) is 1. The molecule has 3 N–H and O–H groups in total. The first kappa shape index (κ1) is 21.0. The molecule has 3 heterocycles. The van der Waals surface area contributed by atoms with Gasteiger partial charge < -0.3 is 20.3 Å². The Kier molecular flexibility index (Phi) is 7.15. The van der Waals surface area contributed by atoms with Gasteiger partial charge in [0.25, 0.3) is 0 Å². The maximum atomic E-state index is 9.55. The Labute approximate surface area is 173 Å². The van der Waals surface area contributed by atoms with Gasteiger partial charge in [-0.3, -0.25) is 9.98 Å². The Bertz CT molecular complexity index is 941. The standard InChI is InChI=1S/C18H19N3O.C4H4O4/c1-2-8-19-16(6-1)15(12-17-20-9-10-21-17)14-5-3-4-13-7-11-22-18(13)14;5-3(6)1-2-4(7)8/h1-6,8,15H,7,9-12H2,(H,20,21);1-2H,(H,5,6)(H,7,8). The van der Waals surface area contributed by atoms with E-state index in [1.165, 1.54) is 11.1 Å². The van der Waals surface area contributed by atoms with Crippen molar-refractivity contribution in [2.45, 2.75) is 18.8 Å². The summed E-state index contributed by atoms with van der Waals surface area (Å²) >= 11 is 0. The molecule has 0 radical (unpaired) electrons. The average Bonchev–Trinajstić information content (AvgIpc) is 3.43. The van der Waals surface area contributed by atoms with E-state index in [0.29, 0.717) is 12.2 Å². The van der Waals surface area contributed by atoms with Crippen LogP contribution < -0.4 is 10.1 Å². The van der Waals surface area contributed by atoms with Crippen LogP contribution in [0.15, 0.2) is 59.7 Å². The smallest absolute Gasteiger partial charge is 0.328 e. The molecule has 1 aromatic heterocycles. The number of benzene rings is 1. The third-order valence-corrected chi connectivity index (χ3v) is 4.67. The number of aromatic nitrogens is 1. The van der Waals surface area contributed by atoms with Crippen LogP contribution in [0.3, 0.4) is 0 Å². The highest BCUT2D eigenvalue weighted by atomic mass is 16.5. The lowest BCUT2D eigenvalue weighted by Crippen LogP contribution is -2.22. The number of aliphatic imine (C=N–C) groups is 1. The van der Waals surface area contributed by atoms with Gasteiger partial charge in [-0.15, -0.1) is 0 Å². The molecule has 2 aromatic rings. The van der Waals surface area contributed by atoms with Gasteiger partial charge in [-0.2, -0.15) is 0 Å². The fourth-order valence-electron chi connectivity index (χ4n) is 3.39. The Hall–Kier alpha value is -3.68. The highest BCUT2D eigenvalue weighted by molar-refractivity contribution is 5.89. The molecule has 2 aliphatic rings. The number of carbonyl (C=O) groups is 2. The maximum Gasteiger partial charge on any atom is 0.328 e. The van der Waals surface area contributed by atoms with Crippen LogP contribution in [0.25, 0.3) is 0 Å². The zero-order valence-corrected chi connectivity index (χ0v) is 16.3. The van der Waals surface area contributed by atoms with E-state index in [-0.39, 0.29) is 5.92 Å². The number of aliphatic carboxylic acids is 2. The van der Waals surface area contributed by atoms with Crippen LogP contribution in [0.2, 0.25) is 0 Å². The van der Waals surface area contributed by atoms with Crippen molar-refractivity contribution in [3.63, 3.8) is 0 Å². The van der Waals surface area contributed by atoms with Crippen molar-refractivity contribution in [3.8, 4) is 5.75 Å². The second-order valence-corrected chi connectivity index (χ2v) is 6.71. The monoisotopic (exact) mass is 409 g/mol. The van der Waals surface area contributed by atoms with E-state index in [4.69, 9.17) is 14.9 Å². The summed E-state index contributed by atoms with van der Waals surface area (Å²) < 4.78 is 5.91. The Morgan fingerprint density at radius 1 is 1.13 bits per heavy atom. The first-order chi connectivity index (χ1) is 14.5. The van der Waals surface area contributed by atoms with Crippen LogP contribution in [0, 0.1) is 0 Å². The number of ether oxygens (including phenoxy) is 1. The van der Waals surface area contributed by atoms with Crippen LogP contribution in [-0.2, 0) is 16.0 Å². The summed E-state index contributed by atoms with van der Waals surface area (Å²) in [6.07, 6.45) is 4.81. The predicted molar refractivity (Wildman–Crippen MR) is 111 cm³/mol. The van der Waals surface area contributed by atoms with E-state index in [2.05, 4.69) is 39.6 Å². The molecular weight excluding hydrogens is 386 g/mol. The first-order valence-electron chi connectivity index (χ1n) is 9.61. The fraction of sp³-hybridized carbons (Fsp3) is 0.273. The number of nitrogens with zero attached hydrogens (tertiary/aromatic N) is 2. The van der Waals surface area contributed by atoms with Crippen LogP contribution in [0.1, 0.15) is 29.2 Å². The number of hydrogen-bond donors (Lipinski definition) is 3. The van der Waals surface area contributed by atoms with Crippen LogP contribution >= 0.6 is 0 Å². The van der Waals surface area contributed by atoms with Crippen molar-refractivity contribution < 1.29 is 24.5 Å². The molecule has 0 bridgehead atoms. The number of rotatable bonds is 6. The van der Waals surface area contributed by atoms with Crippen LogP contribution in [0.5, 0.6) is 5.75 Å². The summed E-state index contributed by atoms with van der Waals surface area (Å²) in [5.41, 5.74) is 3.60. The van der Waals surface area contributed by atoms with Gasteiger partial charge >= 0.3 is 11.9 Å². The third-order valence-electron chi connectivity index (χ3n) is 4.67. The van der Waals surface area contributed by atoms with Crippen molar-refractivity contribution in [2.75, 3.05) is 19.7 Å². The molecule has 0 saturated heterocycles. The summed E-state index contributed by atoms with van der Waals surface area (Å²) in [5.74, 6) is -0.207. The lowest BCUT2D eigenvalue weighted by molar-refractivity contribution is -0.134. The zero-order chi connectivity index (χ0) is 21.3. The Balaban J connectivity index is 0.000000275. The zero-order valence-electron chi connectivity index (χ0n) is 16.3. The molecule has 0 amide bonds. The number of hydrogen-bond acceptors (Lipinski definition) is 6. The molecule has 2 aliphatic heterocycles. The van der Waals surface area contributed by atoms with Crippen molar-refractivity contribution in [1.82, 2.24) is 10.3 Å². The quantitative estimate of drug-likeness (QED) is 0.626. The molecule has 8 nitrogen and oxygen atoms in total. The van der Waals surface area contributed by atoms with Gasteiger partial charge in [0.2, 0.25) is 0 Å². The molecule has 8 heteroatoms. The minimum atomic E-state index is -1.26. The van der Waals surface area contributed by atoms with Crippen LogP contribution in [-0.4, -0.2) is 52.7 Å². The van der Waals surface area contributed by atoms with Crippen molar-refractivity contribution in [3.05, 3.63) is 71.6 Å². The summed E-state index contributed by atoms with van der Waals surface area (Å²) in [4.78, 5) is 28.2. The average molecular weight is 409 g/mol. The number of pyridine rings is 1. The highest BCUT2D eigenvalue weighted by Crippen LogP contribution is 2.38. The fourth-order valence-corrected chi connectivity index (χ4v) is 3.39. The van der Waals surface area contributed by atoms with Gasteiger partial charge in [0.05, 0.1) is 19.0 Å². The van der Waals surface area contributed by atoms with E-state index in [9.17, 15) is 9.59 Å². The lowest BCUT2D eigenvalue weighted by Gasteiger charge is -2.19. The van der Waals surface area contributed by atoms with Gasteiger partial charge in [0.1, 0.15) is 5.75 Å². The van der Waals surface area contributed by atoms with E-state index in [1.54, 1.807) is 0 Å². The molecule has 30 heavy (non-hydrogen) atoms. The van der Waals surface area contributed by atoms with E-state index >= 15 is 0 Å². The normalized spacial score (nSPS) is 15.3. The predicted octanol–water partition coefficient (Wildman–Crippen LogP) is 2.25. The summed E-state index contributed by atoms with van der Waals surface area (Å²) in [7, 11) is 0. The molecule has 4 rings (SSSR count). The molecule has 0 spiro atoms. The van der Waals surface area contributed by atoms with Gasteiger partial charge in [-0.05, 0) is 17.7 Å². The largest absolute Gasteiger partial charge is 0.493 e. The van der Waals surface area contributed by atoms with E-state index in [1.807, 2.05) is 18.3 Å².